The first-order valence-electron chi connectivity index (χ1n) is 8.22. The minimum Gasteiger partial charge on any atom is -0.379 e. The molecule has 2 amide bonds. The summed E-state index contributed by atoms with van der Waals surface area (Å²) in [5.74, 6) is -0.600. The molecule has 0 N–H and O–H groups in total. The third kappa shape index (κ3) is 2.84. The van der Waals surface area contributed by atoms with Crippen LogP contribution in [0.25, 0.3) is 0 Å². The van der Waals surface area contributed by atoms with E-state index >= 15 is 0 Å². The van der Waals surface area contributed by atoms with Gasteiger partial charge in [0.1, 0.15) is 0 Å². The normalized spacial score (nSPS) is 17.9. The summed E-state index contributed by atoms with van der Waals surface area (Å²) in [5, 5.41) is 0.556. The zero-order valence-corrected chi connectivity index (χ0v) is 14.3. The molecule has 25 heavy (non-hydrogen) atoms. The van der Waals surface area contributed by atoms with E-state index in [2.05, 4.69) is 4.90 Å². The van der Waals surface area contributed by atoms with Crippen LogP contribution in [0.15, 0.2) is 42.5 Å². The van der Waals surface area contributed by atoms with Gasteiger partial charge in [-0.1, -0.05) is 29.8 Å². The molecule has 0 atom stereocenters. The number of rotatable bonds is 3. The summed E-state index contributed by atoms with van der Waals surface area (Å²) >= 11 is 6.43. The molecule has 2 heterocycles. The number of carbonyl (C=O) groups is 2. The first kappa shape index (κ1) is 16.3. The highest BCUT2D eigenvalue weighted by atomic mass is 35.5. The van der Waals surface area contributed by atoms with Crippen molar-refractivity contribution >= 4 is 29.1 Å². The van der Waals surface area contributed by atoms with E-state index < -0.39 is 0 Å². The van der Waals surface area contributed by atoms with E-state index in [-0.39, 0.29) is 11.8 Å². The molecule has 0 saturated carbocycles. The maximum absolute atomic E-state index is 12.8. The number of imide groups is 1. The number of hydrogen-bond donors (Lipinski definition) is 0. The van der Waals surface area contributed by atoms with E-state index in [1.54, 1.807) is 42.5 Å². The Kier molecular flexibility index (Phi) is 4.29. The van der Waals surface area contributed by atoms with Crippen molar-refractivity contribution in [2.75, 3.05) is 31.2 Å². The van der Waals surface area contributed by atoms with E-state index in [1.807, 2.05) is 0 Å². The Morgan fingerprint density at radius 1 is 0.920 bits per heavy atom. The fourth-order valence-corrected chi connectivity index (χ4v) is 3.53. The molecule has 128 valence electrons. The molecule has 5 nitrogen and oxygen atoms in total. The summed E-state index contributed by atoms with van der Waals surface area (Å²) < 4.78 is 5.38. The fourth-order valence-electron chi connectivity index (χ4n) is 3.30. The van der Waals surface area contributed by atoms with E-state index in [0.717, 1.165) is 18.7 Å². The number of ether oxygens (including phenoxy) is 1. The van der Waals surface area contributed by atoms with Crippen molar-refractivity contribution in [2.45, 2.75) is 6.54 Å². The highest BCUT2D eigenvalue weighted by molar-refractivity contribution is 6.36. The highest BCUT2D eigenvalue weighted by Crippen LogP contribution is 2.34. The lowest BCUT2D eigenvalue weighted by Gasteiger charge is -2.29. The molecule has 0 aliphatic carbocycles. The van der Waals surface area contributed by atoms with Gasteiger partial charge in [-0.25, -0.2) is 4.90 Å². The molecule has 1 saturated heterocycles. The summed E-state index contributed by atoms with van der Waals surface area (Å²) in [5.41, 5.74) is 2.22. The summed E-state index contributed by atoms with van der Waals surface area (Å²) in [4.78, 5) is 29.0. The van der Waals surface area contributed by atoms with Crippen molar-refractivity contribution in [1.82, 2.24) is 4.90 Å². The molecule has 1 fully saturated rings. The summed E-state index contributed by atoms with van der Waals surface area (Å²) in [6.45, 7) is 3.52. The maximum atomic E-state index is 12.8. The van der Waals surface area contributed by atoms with Gasteiger partial charge in [-0.3, -0.25) is 14.5 Å². The predicted molar refractivity (Wildman–Crippen MR) is 95.1 cm³/mol. The monoisotopic (exact) mass is 356 g/mol. The van der Waals surface area contributed by atoms with Gasteiger partial charge in [0.25, 0.3) is 11.8 Å². The van der Waals surface area contributed by atoms with Crippen molar-refractivity contribution in [2.24, 2.45) is 0 Å². The quantitative estimate of drug-likeness (QED) is 0.793. The Labute approximate surface area is 150 Å². The Balaban J connectivity index is 1.73. The van der Waals surface area contributed by atoms with Crippen LogP contribution in [0, 0.1) is 0 Å². The van der Waals surface area contributed by atoms with Gasteiger partial charge in [0.05, 0.1) is 30.0 Å². The lowest BCUT2D eigenvalue weighted by Crippen LogP contribution is -2.37. The minimum absolute atomic E-state index is 0.300. The van der Waals surface area contributed by atoms with Crippen molar-refractivity contribution in [1.29, 1.82) is 0 Å². The SMILES string of the molecule is O=C1c2ccccc2C(=O)N1c1cccc(Cl)c1CN1CCOCC1. The average molecular weight is 357 g/mol. The van der Waals surface area contributed by atoms with E-state index in [1.165, 1.54) is 4.90 Å². The number of amides is 2. The van der Waals surface area contributed by atoms with Gasteiger partial charge in [0.15, 0.2) is 0 Å². The number of benzene rings is 2. The average Bonchev–Trinajstić information content (AvgIpc) is 2.89. The summed E-state index contributed by atoms with van der Waals surface area (Å²) in [6.07, 6.45) is 0. The minimum atomic E-state index is -0.300. The maximum Gasteiger partial charge on any atom is 0.266 e. The van der Waals surface area contributed by atoms with Crippen molar-refractivity contribution in [3.05, 3.63) is 64.2 Å². The number of halogens is 1. The summed E-state index contributed by atoms with van der Waals surface area (Å²) in [6, 6.07) is 12.2. The van der Waals surface area contributed by atoms with Crippen LogP contribution in [0.2, 0.25) is 5.02 Å². The van der Waals surface area contributed by atoms with Gasteiger partial charge >= 0.3 is 0 Å². The number of anilines is 1. The molecule has 0 bridgehead atoms. The van der Waals surface area contributed by atoms with Crippen LogP contribution < -0.4 is 4.90 Å². The fraction of sp³-hybridized carbons (Fsp3) is 0.263. The molecule has 0 radical (unpaired) electrons. The molecular weight excluding hydrogens is 340 g/mol. The summed E-state index contributed by atoms with van der Waals surface area (Å²) in [7, 11) is 0. The van der Waals surface area contributed by atoms with Crippen LogP contribution in [-0.2, 0) is 11.3 Å². The van der Waals surface area contributed by atoms with Crippen LogP contribution in [0.3, 0.4) is 0 Å². The number of nitrogens with zero attached hydrogens (tertiary/aromatic N) is 2. The zero-order chi connectivity index (χ0) is 17.4. The molecule has 2 aromatic carbocycles. The van der Waals surface area contributed by atoms with Crippen LogP contribution in [0.4, 0.5) is 5.69 Å². The van der Waals surface area contributed by atoms with Gasteiger partial charge in [-0.15, -0.1) is 0 Å². The number of fused-ring (bicyclic) bond motifs is 1. The van der Waals surface area contributed by atoms with Crippen LogP contribution >= 0.6 is 11.6 Å². The standard InChI is InChI=1S/C19H17ClN2O3/c20-16-6-3-7-17(15(16)12-21-8-10-25-11-9-21)22-18(23)13-4-1-2-5-14(13)19(22)24/h1-7H,8-12H2. The molecule has 0 unspecified atom stereocenters. The van der Waals surface area contributed by atoms with Gasteiger partial charge in [0.2, 0.25) is 0 Å². The topological polar surface area (TPSA) is 49.9 Å². The predicted octanol–water partition coefficient (Wildman–Crippen LogP) is 2.97. The third-order valence-corrected chi connectivity index (χ3v) is 4.97. The molecule has 0 aromatic heterocycles. The first-order valence-corrected chi connectivity index (χ1v) is 8.60. The molecule has 2 aliphatic rings. The largest absolute Gasteiger partial charge is 0.379 e. The molecule has 2 aromatic rings. The number of hydrogen-bond acceptors (Lipinski definition) is 4. The van der Waals surface area contributed by atoms with Gasteiger partial charge < -0.3 is 4.74 Å². The van der Waals surface area contributed by atoms with Crippen LogP contribution in [0.1, 0.15) is 26.3 Å². The number of carbonyl (C=O) groups excluding carboxylic acids is 2. The Bertz CT molecular complexity index is 811. The van der Waals surface area contributed by atoms with E-state index in [9.17, 15) is 9.59 Å². The van der Waals surface area contributed by atoms with Crippen LogP contribution in [0.5, 0.6) is 0 Å². The Hall–Kier alpha value is -2.21. The molecular formula is C19H17ClN2O3. The molecule has 2 aliphatic heterocycles. The molecule has 4 rings (SSSR count). The van der Waals surface area contributed by atoms with Crippen LogP contribution in [-0.4, -0.2) is 43.0 Å². The second-order valence-electron chi connectivity index (χ2n) is 6.12. The number of morpholine rings is 1. The highest BCUT2D eigenvalue weighted by Gasteiger charge is 2.37. The third-order valence-electron chi connectivity index (χ3n) is 4.61. The lowest BCUT2D eigenvalue weighted by molar-refractivity contribution is 0.0342. The van der Waals surface area contributed by atoms with Gasteiger partial charge in [-0.2, -0.15) is 0 Å². The lowest BCUT2D eigenvalue weighted by atomic mass is 10.1. The van der Waals surface area contributed by atoms with Crippen molar-refractivity contribution in [3.8, 4) is 0 Å². The van der Waals surface area contributed by atoms with Crippen molar-refractivity contribution < 1.29 is 14.3 Å². The second-order valence-corrected chi connectivity index (χ2v) is 6.52. The molecule has 6 heteroatoms. The first-order chi connectivity index (χ1) is 12.2. The Morgan fingerprint density at radius 3 is 2.20 bits per heavy atom. The second kappa shape index (κ2) is 6.59. The zero-order valence-electron chi connectivity index (χ0n) is 13.6. The van der Waals surface area contributed by atoms with Crippen molar-refractivity contribution in [3.63, 3.8) is 0 Å². The van der Waals surface area contributed by atoms with Gasteiger partial charge in [-0.05, 0) is 24.3 Å². The van der Waals surface area contributed by atoms with E-state index in [0.29, 0.717) is 41.6 Å². The molecule has 0 spiro atoms. The Morgan fingerprint density at radius 2 is 1.56 bits per heavy atom. The smallest absolute Gasteiger partial charge is 0.266 e. The van der Waals surface area contributed by atoms with E-state index in [4.69, 9.17) is 16.3 Å². The van der Waals surface area contributed by atoms with Gasteiger partial charge in [0, 0.05) is 30.2 Å².